The van der Waals surface area contributed by atoms with Gasteiger partial charge in [-0.15, -0.1) is 0 Å². The van der Waals surface area contributed by atoms with Gasteiger partial charge < -0.3 is 15.2 Å². The number of hydrogen-bond donors (Lipinski definition) is 2. The van der Waals surface area contributed by atoms with Gasteiger partial charge in [0.1, 0.15) is 5.75 Å². The van der Waals surface area contributed by atoms with Crippen molar-refractivity contribution in [3.63, 3.8) is 0 Å². The van der Waals surface area contributed by atoms with Gasteiger partial charge in [-0.1, -0.05) is 17.7 Å². The van der Waals surface area contributed by atoms with Gasteiger partial charge in [-0.2, -0.15) is 0 Å². The van der Waals surface area contributed by atoms with E-state index in [-0.39, 0.29) is 6.10 Å². The van der Waals surface area contributed by atoms with Crippen LogP contribution in [-0.2, 0) is 6.54 Å². The van der Waals surface area contributed by atoms with Gasteiger partial charge in [-0.05, 0) is 33.3 Å². The van der Waals surface area contributed by atoms with Crippen LogP contribution in [0.2, 0.25) is 0 Å². The molecule has 0 fully saturated rings. The lowest BCUT2D eigenvalue weighted by atomic mass is 10.1. The van der Waals surface area contributed by atoms with E-state index >= 15 is 0 Å². The summed E-state index contributed by atoms with van der Waals surface area (Å²) in [6.07, 6.45) is 0.491. The highest BCUT2D eigenvalue weighted by Gasteiger charge is 2.08. The number of aryl methyl sites for hydroxylation is 1. The van der Waals surface area contributed by atoms with Crippen molar-refractivity contribution in [2.75, 3.05) is 7.11 Å². The predicted molar refractivity (Wildman–Crippen MR) is 70.3 cm³/mol. The van der Waals surface area contributed by atoms with E-state index in [0.29, 0.717) is 6.04 Å². The van der Waals surface area contributed by atoms with E-state index < -0.39 is 0 Å². The number of aliphatic hydroxyl groups is 1. The molecular formula is C14H23NO2. The fraction of sp³-hybridized carbons (Fsp3) is 0.571. The number of aliphatic hydroxyl groups excluding tert-OH is 1. The van der Waals surface area contributed by atoms with Crippen LogP contribution in [0.25, 0.3) is 0 Å². The van der Waals surface area contributed by atoms with Crippen LogP contribution >= 0.6 is 0 Å². The Labute approximate surface area is 104 Å². The normalized spacial score (nSPS) is 14.4. The van der Waals surface area contributed by atoms with Crippen molar-refractivity contribution in [1.82, 2.24) is 5.32 Å². The third-order valence-electron chi connectivity index (χ3n) is 2.77. The van der Waals surface area contributed by atoms with Crippen LogP contribution in [0.4, 0.5) is 0 Å². The molecule has 1 aromatic carbocycles. The van der Waals surface area contributed by atoms with Crippen molar-refractivity contribution in [3.05, 3.63) is 29.3 Å². The Morgan fingerprint density at radius 2 is 2.06 bits per heavy atom. The standard InChI is InChI=1S/C14H23NO2/c1-10-5-6-14(17-4)13(7-10)9-15-11(2)8-12(3)16/h5-7,11-12,15-16H,8-9H2,1-4H3. The minimum atomic E-state index is -0.267. The van der Waals surface area contributed by atoms with Crippen molar-refractivity contribution in [1.29, 1.82) is 0 Å². The average molecular weight is 237 g/mol. The van der Waals surface area contributed by atoms with Gasteiger partial charge in [-0.3, -0.25) is 0 Å². The number of methoxy groups -OCH3 is 1. The summed E-state index contributed by atoms with van der Waals surface area (Å²) in [6.45, 7) is 6.72. The molecule has 0 spiro atoms. The maximum atomic E-state index is 9.30. The third kappa shape index (κ3) is 4.75. The molecule has 0 aromatic heterocycles. The molecule has 0 bridgehead atoms. The SMILES string of the molecule is COc1ccc(C)cc1CNC(C)CC(C)O. The first kappa shape index (κ1) is 14.0. The second-order valence-electron chi connectivity index (χ2n) is 4.68. The topological polar surface area (TPSA) is 41.5 Å². The van der Waals surface area contributed by atoms with E-state index in [4.69, 9.17) is 4.74 Å². The fourth-order valence-electron chi connectivity index (χ4n) is 1.92. The predicted octanol–water partition coefficient (Wildman–Crippen LogP) is 2.25. The van der Waals surface area contributed by atoms with E-state index in [1.165, 1.54) is 5.56 Å². The third-order valence-corrected chi connectivity index (χ3v) is 2.77. The minimum absolute atomic E-state index is 0.267. The van der Waals surface area contributed by atoms with Crippen LogP contribution in [0.1, 0.15) is 31.4 Å². The van der Waals surface area contributed by atoms with Crippen LogP contribution < -0.4 is 10.1 Å². The second kappa shape index (κ2) is 6.62. The zero-order chi connectivity index (χ0) is 12.8. The van der Waals surface area contributed by atoms with Gasteiger partial charge in [0.05, 0.1) is 13.2 Å². The Morgan fingerprint density at radius 1 is 1.35 bits per heavy atom. The second-order valence-corrected chi connectivity index (χ2v) is 4.68. The smallest absolute Gasteiger partial charge is 0.123 e. The summed E-state index contributed by atoms with van der Waals surface area (Å²) < 4.78 is 5.32. The molecule has 3 nitrogen and oxygen atoms in total. The first-order valence-electron chi connectivity index (χ1n) is 6.08. The number of hydrogen-bond acceptors (Lipinski definition) is 3. The maximum absolute atomic E-state index is 9.30. The van der Waals surface area contributed by atoms with Crippen molar-refractivity contribution >= 4 is 0 Å². The molecule has 0 saturated carbocycles. The Balaban J connectivity index is 2.58. The van der Waals surface area contributed by atoms with Crippen molar-refractivity contribution in [3.8, 4) is 5.75 Å². The summed E-state index contributed by atoms with van der Waals surface area (Å²) >= 11 is 0. The summed E-state index contributed by atoms with van der Waals surface area (Å²) in [5.74, 6) is 0.910. The van der Waals surface area contributed by atoms with Gasteiger partial charge in [0.15, 0.2) is 0 Å². The molecule has 96 valence electrons. The molecule has 0 saturated heterocycles. The van der Waals surface area contributed by atoms with E-state index in [1.807, 2.05) is 19.1 Å². The first-order valence-corrected chi connectivity index (χ1v) is 6.08. The molecular weight excluding hydrogens is 214 g/mol. The quantitative estimate of drug-likeness (QED) is 0.797. The van der Waals surface area contributed by atoms with Crippen LogP contribution in [0.15, 0.2) is 18.2 Å². The van der Waals surface area contributed by atoms with Gasteiger partial charge in [0.2, 0.25) is 0 Å². The molecule has 3 heteroatoms. The van der Waals surface area contributed by atoms with Crippen LogP contribution in [0, 0.1) is 6.92 Å². The summed E-state index contributed by atoms with van der Waals surface area (Å²) in [4.78, 5) is 0. The molecule has 0 aliphatic carbocycles. The average Bonchev–Trinajstić information content (AvgIpc) is 2.25. The van der Waals surface area contributed by atoms with Crippen molar-refractivity contribution in [2.45, 2.75) is 45.9 Å². The van der Waals surface area contributed by atoms with E-state index in [2.05, 4.69) is 25.2 Å². The number of ether oxygens (including phenoxy) is 1. The summed E-state index contributed by atoms with van der Waals surface area (Å²) in [6, 6.07) is 6.45. The molecule has 0 aliphatic heterocycles. The Bertz CT molecular complexity index is 350. The molecule has 1 rings (SSSR count). The molecule has 2 N–H and O–H groups in total. The van der Waals surface area contributed by atoms with Crippen LogP contribution in [0.5, 0.6) is 5.75 Å². The van der Waals surface area contributed by atoms with Crippen LogP contribution in [0.3, 0.4) is 0 Å². The number of benzene rings is 1. The maximum Gasteiger partial charge on any atom is 0.123 e. The summed E-state index contributed by atoms with van der Waals surface area (Å²) in [5, 5.41) is 12.7. The molecule has 0 aliphatic rings. The lowest BCUT2D eigenvalue weighted by Crippen LogP contribution is -2.28. The van der Waals surface area contributed by atoms with E-state index in [1.54, 1.807) is 7.11 Å². The Hall–Kier alpha value is -1.06. The Morgan fingerprint density at radius 3 is 2.65 bits per heavy atom. The highest BCUT2D eigenvalue weighted by Crippen LogP contribution is 2.19. The summed E-state index contributed by atoms with van der Waals surface area (Å²) in [7, 11) is 1.69. The molecule has 0 heterocycles. The monoisotopic (exact) mass is 237 g/mol. The largest absolute Gasteiger partial charge is 0.496 e. The van der Waals surface area contributed by atoms with E-state index in [9.17, 15) is 5.11 Å². The first-order chi connectivity index (χ1) is 8.02. The molecule has 2 atom stereocenters. The summed E-state index contributed by atoms with van der Waals surface area (Å²) in [5.41, 5.74) is 2.38. The van der Waals surface area contributed by atoms with Gasteiger partial charge in [0.25, 0.3) is 0 Å². The zero-order valence-electron chi connectivity index (χ0n) is 11.2. The minimum Gasteiger partial charge on any atom is -0.496 e. The van der Waals surface area contributed by atoms with Gasteiger partial charge >= 0.3 is 0 Å². The Kier molecular flexibility index (Phi) is 5.45. The number of rotatable bonds is 6. The highest BCUT2D eigenvalue weighted by molar-refractivity contribution is 5.36. The van der Waals surface area contributed by atoms with Crippen LogP contribution in [-0.4, -0.2) is 24.4 Å². The molecule has 0 amide bonds. The zero-order valence-corrected chi connectivity index (χ0v) is 11.2. The molecule has 2 unspecified atom stereocenters. The van der Waals surface area contributed by atoms with Gasteiger partial charge in [-0.25, -0.2) is 0 Å². The van der Waals surface area contributed by atoms with Crippen molar-refractivity contribution in [2.24, 2.45) is 0 Å². The number of nitrogens with one attached hydrogen (secondary N) is 1. The van der Waals surface area contributed by atoms with Gasteiger partial charge in [0, 0.05) is 18.2 Å². The molecule has 17 heavy (non-hydrogen) atoms. The lowest BCUT2D eigenvalue weighted by molar-refractivity contribution is 0.170. The lowest BCUT2D eigenvalue weighted by Gasteiger charge is -2.17. The highest BCUT2D eigenvalue weighted by atomic mass is 16.5. The fourth-order valence-corrected chi connectivity index (χ4v) is 1.92. The van der Waals surface area contributed by atoms with Crippen molar-refractivity contribution < 1.29 is 9.84 Å². The molecule has 0 radical (unpaired) electrons. The van der Waals surface area contributed by atoms with E-state index in [0.717, 1.165) is 24.3 Å². The molecule has 1 aromatic rings.